The Morgan fingerprint density at radius 3 is 2.37 bits per heavy atom. The number of likely N-dealkylation sites (N-methyl/N-ethyl adjacent to an activating group) is 1. The smallest absolute Gasteiger partial charge is 0.315 e. The van der Waals surface area contributed by atoms with Gasteiger partial charge in [0.05, 0.1) is 0 Å². The standard InChI is InChI=1S/C14H22ClN3O/c1-14(2,3)17-13(19)16-9-10-18(4)12-7-5-11(15)6-8-12/h5-8H,9-10H2,1-4H3,(H2,16,17,19). The molecule has 4 nitrogen and oxygen atoms in total. The molecule has 0 fully saturated rings. The number of rotatable bonds is 4. The first-order chi connectivity index (χ1) is 8.78. The number of anilines is 1. The average Bonchev–Trinajstić information content (AvgIpc) is 2.27. The van der Waals surface area contributed by atoms with Gasteiger partial charge >= 0.3 is 6.03 Å². The normalized spacial score (nSPS) is 11.0. The highest BCUT2D eigenvalue weighted by atomic mass is 35.5. The molecule has 2 amide bonds. The van der Waals surface area contributed by atoms with Crippen LogP contribution in [-0.4, -0.2) is 31.7 Å². The third-order valence-electron chi connectivity index (χ3n) is 2.49. The fourth-order valence-corrected chi connectivity index (χ4v) is 1.67. The van der Waals surface area contributed by atoms with E-state index in [1.54, 1.807) is 0 Å². The molecule has 5 heteroatoms. The summed E-state index contributed by atoms with van der Waals surface area (Å²) in [5.74, 6) is 0. The van der Waals surface area contributed by atoms with E-state index >= 15 is 0 Å². The van der Waals surface area contributed by atoms with Gasteiger partial charge in [0.15, 0.2) is 0 Å². The number of amides is 2. The van der Waals surface area contributed by atoms with Crippen molar-refractivity contribution in [3.8, 4) is 0 Å². The Hall–Kier alpha value is -1.42. The molecule has 0 aromatic heterocycles. The Morgan fingerprint density at radius 2 is 1.84 bits per heavy atom. The summed E-state index contributed by atoms with van der Waals surface area (Å²) in [5.41, 5.74) is 0.856. The quantitative estimate of drug-likeness (QED) is 0.892. The number of nitrogens with one attached hydrogen (secondary N) is 2. The average molecular weight is 284 g/mol. The zero-order valence-electron chi connectivity index (χ0n) is 12.0. The lowest BCUT2D eigenvalue weighted by atomic mass is 10.1. The summed E-state index contributed by atoms with van der Waals surface area (Å²) < 4.78 is 0. The van der Waals surface area contributed by atoms with Gasteiger partial charge in [-0.1, -0.05) is 11.6 Å². The zero-order chi connectivity index (χ0) is 14.5. The second-order valence-electron chi connectivity index (χ2n) is 5.53. The number of urea groups is 1. The Labute approximate surface area is 120 Å². The molecule has 0 saturated carbocycles. The van der Waals surface area contributed by atoms with Crippen molar-refractivity contribution in [3.63, 3.8) is 0 Å². The van der Waals surface area contributed by atoms with Crippen molar-refractivity contribution < 1.29 is 4.79 Å². The molecule has 0 unspecified atom stereocenters. The molecule has 0 radical (unpaired) electrons. The van der Waals surface area contributed by atoms with Crippen LogP contribution in [0.5, 0.6) is 0 Å². The van der Waals surface area contributed by atoms with E-state index in [4.69, 9.17) is 11.6 Å². The van der Waals surface area contributed by atoms with Crippen molar-refractivity contribution in [2.75, 3.05) is 25.0 Å². The Bertz CT molecular complexity index is 412. The van der Waals surface area contributed by atoms with Gasteiger partial charge in [-0.25, -0.2) is 4.79 Å². The lowest BCUT2D eigenvalue weighted by molar-refractivity contribution is 0.232. The van der Waals surface area contributed by atoms with Gasteiger partial charge in [-0.2, -0.15) is 0 Å². The second-order valence-corrected chi connectivity index (χ2v) is 5.97. The van der Waals surface area contributed by atoms with Gasteiger partial charge in [-0.05, 0) is 45.0 Å². The van der Waals surface area contributed by atoms with Crippen molar-refractivity contribution in [2.24, 2.45) is 0 Å². The van der Waals surface area contributed by atoms with Gasteiger partial charge in [0, 0.05) is 36.4 Å². The van der Waals surface area contributed by atoms with E-state index in [0.29, 0.717) is 6.54 Å². The van der Waals surface area contributed by atoms with Crippen molar-refractivity contribution >= 4 is 23.3 Å². The summed E-state index contributed by atoms with van der Waals surface area (Å²) in [6, 6.07) is 7.48. The van der Waals surface area contributed by atoms with Crippen molar-refractivity contribution in [1.29, 1.82) is 0 Å². The maximum Gasteiger partial charge on any atom is 0.315 e. The molecular formula is C14H22ClN3O. The van der Waals surface area contributed by atoms with Crippen LogP contribution in [0.15, 0.2) is 24.3 Å². The van der Waals surface area contributed by atoms with E-state index in [2.05, 4.69) is 15.5 Å². The van der Waals surface area contributed by atoms with E-state index in [1.807, 2.05) is 52.1 Å². The predicted molar refractivity (Wildman–Crippen MR) is 81.0 cm³/mol. The van der Waals surface area contributed by atoms with E-state index in [9.17, 15) is 4.79 Å². The summed E-state index contributed by atoms with van der Waals surface area (Å²) in [5, 5.41) is 6.41. The van der Waals surface area contributed by atoms with Gasteiger partial charge in [0.1, 0.15) is 0 Å². The Balaban J connectivity index is 2.33. The summed E-state index contributed by atoms with van der Waals surface area (Å²) in [4.78, 5) is 13.6. The Kier molecular flexibility index (Phi) is 5.48. The molecule has 0 aliphatic rings. The van der Waals surface area contributed by atoms with Crippen LogP contribution in [0.2, 0.25) is 5.02 Å². The predicted octanol–water partition coefficient (Wildman–Crippen LogP) is 2.87. The second kappa shape index (κ2) is 6.66. The molecule has 106 valence electrons. The molecule has 0 atom stereocenters. The third kappa shape index (κ3) is 6.34. The van der Waals surface area contributed by atoms with Crippen LogP contribution in [0, 0.1) is 0 Å². The van der Waals surface area contributed by atoms with Crippen LogP contribution in [0.3, 0.4) is 0 Å². The first-order valence-corrected chi connectivity index (χ1v) is 6.68. The van der Waals surface area contributed by atoms with Gasteiger partial charge in [0.2, 0.25) is 0 Å². The van der Waals surface area contributed by atoms with Crippen LogP contribution in [0.1, 0.15) is 20.8 Å². The van der Waals surface area contributed by atoms with E-state index in [0.717, 1.165) is 17.3 Å². The molecule has 0 heterocycles. The van der Waals surface area contributed by atoms with E-state index in [-0.39, 0.29) is 11.6 Å². The molecule has 0 spiro atoms. The molecular weight excluding hydrogens is 262 g/mol. The van der Waals surface area contributed by atoms with E-state index < -0.39 is 0 Å². The summed E-state index contributed by atoms with van der Waals surface area (Å²) in [6.45, 7) is 7.17. The maximum absolute atomic E-state index is 11.6. The number of hydrogen-bond donors (Lipinski definition) is 2. The zero-order valence-corrected chi connectivity index (χ0v) is 12.7. The summed E-state index contributed by atoms with van der Waals surface area (Å²) in [7, 11) is 1.98. The first-order valence-electron chi connectivity index (χ1n) is 6.31. The molecule has 0 saturated heterocycles. The van der Waals surface area contributed by atoms with Crippen LogP contribution in [0.25, 0.3) is 0 Å². The Morgan fingerprint density at radius 1 is 1.26 bits per heavy atom. The first kappa shape index (κ1) is 15.6. The lowest BCUT2D eigenvalue weighted by Gasteiger charge is -2.22. The van der Waals surface area contributed by atoms with Crippen LogP contribution < -0.4 is 15.5 Å². The van der Waals surface area contributed by atoms with E-state index in [1.165, 1.54) is 0 Å². The summed E-state index contributed by atoms with van der Waals surface area (Å²) >= 11 is 5.84. The SMILES string of the molecule is CN(CCNC(=O)NC(C)(C)C)c1ccc(Cl)cc1. The molecule has 0 bridgehead atoms. The van der Waals surface area contributed by atoms with Gasteiger partial charge in [0.25, 0.3) is 0 Å². The number of halogens is 1. The maximum atomic E-state index is 11.6. The number of hydrogen-bond acceptors (Lipinski definition) is 2. The minimum atomic E-state index is -0.216. The number of benzene rings is 1. The highest BCUT2D eigenvalue weighted by Gasteiger charge is 2.12. The van der Waals surface area contributed by atoms with Crippen molar-refractivity contribution in [2.45, 2.75) is 26.3 Å². The summed E-state index contributed by atoms with van der Waals surface area (Å²) in [6.07, 6.45) is 0. The van der Waals surface area contributed by atoms with Crippen molar-refractivity contribution in [3.05, 3.63) is 29.3 Å². The fraction of sp³-hybridized carbons (Fsp3) is 0.500. The fourth-order valence-electron chi connectivity index (χ4n) is 1.55. The molecule has 0 aliphatic heterocycles. The highest BCUT2D eigenvalue weighted by Crippen LogP contribution is 2.16. The van der Waals surface area contributed by atoms with Crippen LogP contribution in [0.4, 0.5) is 10.5 Å². The van der Waals surface area contributed by atoms with Gasteiger partial charge in [-0.3, -0.25) is 0 Å². The molecule has 1 rings (SSSR count). The topological polar surface area (TPSA) is 44.4 Å². The monoisotopic (exact) mass is 283 g/mol. The van der Waals surface area contributed by atoms with Crippen molar-refractivity contribution in [1.82, 2.24) is 10.6 Å². The minimum absolute atomic E-state index is 0.142. The van der Waals surface area contributed by atoms with Gasteiger partial charge in [-0.15, -0.1) is 0 Å². The highest BCUT2D eigenvalue weighted by molar-refractivity contribution is 6.30. The number of nitrogens with zero attached hydrogens (tertiary/aromatic N) is 1. The van der Waals surface area contributed by atoms with Gasteiger partial charge < -0.3 is 15.5 Å². The van der Waals surface area contributed by atoms with Crippen LogP contribution >= 0.6 is 11.6 Å². The molecule has 2 N–H and O–H groups in total. The molecule has 1 aromatic carbocycles. The third-order valence-corrected chi connectivity index (χ3v) is 2.74. The molecule has 19 heavy (non-hydrogen) atoms. The van der Waals surface area contributed by atoms with Crippen LogP contribution in [-0.2, 0) is 0 Å². The number of carbonyl (C=O) groups excluding carboxylic acids is 1. The molecule has 0 aliphatic carbocycles. The minimum Gasteiger partial charge on any atom is -0.373 e. The largest absolute Gasteiger partial charge is 0.373 e. The lowest BCUT2D eigenvalue weighted by Crippen LogP contribution is -2.47. The number of carbonyl (C=O) groups is 1. The molecule has 1 aromatic rings.